The Labute approximate surface area is 237 Å². The molecule has 0 atom stereocenters. The van der Waals surface area contributed by atoms with Crippen LogP contribution in [0.4, 0.5) is 0 Å². The topological polar surface area (TPSA) is 17.8 Å². The summed E-state index contributed by atoms with van der Waals surface area (Å²) >= 11 is 0. The molecule has 0 N–H and O–H groups in total. The Balaban J connectivity index is 1.31. The summed E-state index contributed by atoms with van der Waals surface area (Å²) in [5.41, 5.74) is 8.19. The average molecular weight is 521 g/mol. The highest BCUT2D eigenvalue weighted by Gasteiger charge is 2.17. The molecule has 9 aromatic rings. The fraction of sp³-hybridized carbons (Fsp3) is 0. The maximum atomic E-state index is 4.77. The highest BCUT2D eigenvalue weighted by molar-refractivity contribution is 6.28. The van der Waals surface area contributed by atoms with E-state index in [1.807, 2.05) is 12.3 Å². The largest absolute Gasteiger partial charge is 0.309 e. The van der Waals surface area contributed by atoms with E-state index in [0.717, 1.165) is 16.9 Å². The van der Waals surface area contributed by atoms with E-state index in [9.17, 15) is 0 Å². The van der Waals surface area contributed by atoms with Crippen molar-refractivity contribution in [3.63, 3.8) is 0 Å². The Morgan fingerprint density at radius 2 is 1.07 bits per heavy atom. The molecule has 9 rings (SSSR count). The Bertz CT molecular complexity index is 2330. The zero-order chi connectivity index (χ0) is 26.9. The third kappa shape index (κ3) is 3.22. The minimum absolute atomic E-state index is 0.994. The minimum Gasteiger partial charge on any atom is -0.309 e. The molecule has 0 aliphatic heterocycles. The highest BCUT2D eigenvalue weighted by atomic mass is 15.0. The molecule has 0 saturated heterocycles. The molecule has 0 aliphatic carbocycles. The fourth-order valence-corrected chi connectivity index (χ4v) is 6.79. The van der Waals surface area contributed by atoms with Crippen LogP contribution in [0.2, 0.25) is 0 Å². The van der Waals surface area contributed by atoms with E-state index in [2.05, 4.69) is 138 Å². The number of aromatic nitrogens is 2. The number of pyridine rings is 1. The lowest BCUT2D eigenvalue weighted by atomic mass is 9.86. The maximum Gasteiger partial charge on any atom is 0.0708 e. The molecule has 2 heteroatoms. The van der Waals surface area contributed by atoms with Crippen molar-refractivity contribution in [1.82, 2.24) is 9.55 Å². The lowest BCUT2D eigenvalue weighted by molar-refractivity contribution is 1.18. The SMILES string of the molecule is c1ccc(-c2cc(-c3ccc(-n4c5ccccc5c5ccccc54)cc3)c3ccc4cccc5ccc2c3c45)nc1. The summed E-state index contributed by atoms with van der Waals surface area (Å²) in [5.74, 6) is 0. The average Bonchev–Trinajstić information content (AvgIpc) is 3.38. The first-order valence-corrected chi connectivity index (χ1v) is 14.1. The van der Waals surface area contributed by atoms with Gasteiger partial charge in [-0.05, 0) is 85.9 Å². The Hall–Kier alpha value is -5.47. The van der Waals surface area contributed by atoms with Gasteiger partial charge in [0.1, 0.15) is 0 Å². The standard InChI is InChI=1S/C39H24N2/c1-3-13-36-29(10-1)30-11-2-4-14-37(30)41(36)28-19-15-25(16-20-28)33-24-34(35-12-5-6-23-40-35)32-22-18-27-9-7-8-26-17-21-31(33)39(32)38(26)27/h1-24H. The zero-order valence-electron chi connectivity index (χ0n) is 22.3. The lowest BCUT2D eigenvalue weighted by Gasteiger charge is -2.18. The summed E-state index contributed by atoms with van der Waals surface area (Å²) in [4.78, 5) is 4.77. The van der Waals surface area contributed by atoms with Crippen molar-refractivity contribution in [1.29, 1.82) is 0 Å². The molecule has 0 bridgehead atoms. The van der Waals surface area contributed by atoms with Crippen LogP contribution in [0.3, 0.4) is 0 Å². The van der Waals surface area contributed by atoms with Gasteiger partial charge in [0, 0.05) is 28.2 Å². The van der Waals surface area contributed by atoms with Crippen LogP contribution in [-0.4, -0.2) is 9.55 Å². The van der Waals surface area contributed by atoms with Crippen LogP contribution in [0.25, 0.3) is 82.2 Å². The second kappa shape index (κ2) is 8.51. The Kier molecular flexibility index (Phi) is 4.64. The first-order chi connectivity index (χ1) is 20.3. The van der Waals surface area contributed by atoms with Crippen LogP contribution >= 0.6 is 0 Å². The van der Waals surface area contributed by atoms with Gasteiger partial charge < -0.3 is 4.57 Å². The van der Waals surface area contributed by atoms with E-state index < -0.39 is 0 Å². The van der Waals surface area contributed by atoms with E-state index in [-0.39, 0.29) is 0 Å². The van der Waals surface area contributed by atoms with Gasteiger partial charge in [-0.2, -0.15) is 0 Å². The van der Waals surface area contributed by atoms with Gasteiger partial charge in [-0.15, -0.1) is 0 Å². The van der Waals surface area contributed by atoms with Crippen molar-refractivity contribution < 1.29 is 0 Å². The van der Waals surface area contributed by atoms with Gasteiger partial charge in [0.15, 0.2) is 0 Å². The lowest BCUT2D eigenvalue weighted by Crippen LogP contribution is -1.94. The first kappa shape index (κ1) is 22.4. The predicted molar refractivity (Wildman–Crippen MR) is 173 cm³/mol. The van der Waals surface area contributed by atoms with Crippen molar-refractivity contribution in [3.8, 4) is 28.1 Å². The van der Waals surface area contributed by atoms with Crippen LogP contribution in [-0.2, 0) is 0 Å². The first-order valence-electron chi connectivity index (χ1n) is 14.1. The van der Waals surface area contributed by atoms with Crippen LogP contribution in [0.5, 0.6) is 0 Å². The van der Waals surface area contributed by atoms with Crippen molar-refractivity contribution in [3.05, 3.63) is 146 Å². The smallest absolute Gasteiger partial charge is 0.0708 e. The van der Waals surface area contributed by atoms with E-state index in [1.54, 1.807) is 0 Å². The van der Waals surface area contributed by atoms with Gasteiger partial charge in [-0.3, -0.25) is 4.98 Å². The van der Waals surface area contributed by atoms with E-state index >= 15 is 0 Å². The van der Waals surface area contributed by atoms with Gasteiger partial charge in [-0.1, -0.05) is 97.1 Å². The molecule has 0 saturated carbocycles. The number of nitrogens with zero attached hydrogens (tertiary/aromatic N) is 2. The normalized spacial score (nSPS) is 11.9. The second-order valence-electron chi connectivity index (χ2n) is 10.8. The molecule has 2 aromatic heterocycles. The Morgan fingerprint density at radius 1 is 0.439 bits per heavy atom. The molecule has 0 amide bonds. The van der Waals surface area contributed by atoms with Crippen LogP contribution < -0.4 is 0 Å². The summed E-state index contributed by atoms with van der Waals surface area (Å²) < 4.78 is 2.37. The monoisotopic (exact) mass is 520 g/mol. The molecule has 2 nitrogen and oxygen atoms in total. The van der Waals surface area contributed by atoms with Gasteiger partial charge in [0.05, 0.1) is 16.7 Å². The van der Waals surface area contributed by atoms with E-state index in [0.29, 0.717) is 0 Å². The zero-order valence-corrected chi connectivity index (χ0v) is 22.3. The molecule has 0 spiro atoms. The summed E-state index contributed by atoms with van der Waals surface area (Å²) in [7, 11) is 0. The number of para-hydroxylation sites is 2. The molecule has 190 valence electrons. The molecule has 7 aromatic carbocycles. The number of benzene rings is 7. The minimum atomic E-state index is 0.994. The number of rotatable bonds is 3. The van der Waals surface area contributed by atoms with Crippen LogP contribution in [0.15, 0.2) is 146 Å². The van der Waals surface area contributed by atoms with Crippen molar-refractivity contribution in [2.24, 2.45) is 0 Å². The molecule has 0 fully saturated rings. The fourth-order valence-electron chi connectivity index (χ4n) is 6.79. The molecule has 2 heterocycles. The second-order valence-corrected chi connectivity index (χ2v) is 10.8. The molecule has 41 heavy (non-hydrogen) atoms. The third-order valence-electron chi connectivity index (χ3n) is 8.60. The van der Waals surface area contributed by atoms with Crippen molar-refractivity contribution >= 4 is 54.1 Å². The summed E-state index contributed by atoms with van der Waals surface area (Å²) in [6, 6.07) is 50.5. The molecule has 0 radical (unpaired) electrons. The number of hydrogen-bond donors (Lipinski definition) is 0. The van der Waals surface area contributed by atoms with Crippen LogP contribution in [0, 0.1) is 0 Å². The number of fused-ring (bicyclic) bond motifs is 3. The predicted octanol–water partition coefficient (Wildman–Crippen LogP) is 10.4. The molecule has 0 aliphatic rings. The van der Waals surface area contributed by atoms with Gasteiger partial charge in [0.25, 0.3) is 0 Å². The van der Waals surface area contributed by atoms with Gasteiger partial charge >= 0.3 is 0 Å². The summed E-state index contributed by atoms with van der Waals surface area (Å²) in [6.07, 6.45) is 1.88. The van der Waals surface area contributed by atoms with Gasteiger partial charge in [-0.25, -0.2) is 0 Å². The summed E-state index contributed by atoms with van der Waals surface area (Å²) in [5, 5.41) is 10.2. The summed E-state index contributed by atoms with van der Waals surface area (Å²) in [6.45, 7) is 0. The van der Waals surface area contributed by atoms with Crippen LogP contribution in [0.1, 0.15) is 0 Å². The quantitative estimate of drug-likeness (QED) is 0.212. The van der Waals surface area contributed by atoms with Crippen molar-refractivity contribution in [2.75, 3.05) is 0 Å². The van der Waals surface area contributed by atoms with Crippen molar-refractivity contribution in [2.45, 2.75) is 0 Å². The molecular weight excluding hydrogens is 496 g/mol. The van der Waals surface area contributed by atoms with Gasteiger partial charge in [0.2, 0.25) is 0 Å². The molecular formula is C39H24N2. The maximum absolute atomic E-state index is 4.77. The van der Waals surface area contributed by atoms with E-state index in [4.69, 9.17) is 4.98 Å². The highest BCUT2D eigenvalue weighted by Crippen LogP contribution is 2.44. The van der Waals surface area contributed by atoms with E-state index in [1.165, 1.54) is 65.3 Å². The Morgan fingerprint density at radius 3 is 1.73 bits per heavy atom. The molecule has 0 unspecified atom stereocenters. The third-order valence-corrected chi connectivity index (χ3v) is 8.60. The number of hydrogen-bond acceptors (Lipinski definition) is 1.